The van der Waals surface area contributed by atoms with E-state index in [1.807, 2.05) is 0 Å². The van der Waals surface area contributed by atoms with Gasteiger partial charge in [0.15, 0.2) is 23.3 Å². The second-order valence-corrected chi connectivity index (χ2v) is 4.19. The number of hydrogen-bond acceptors (Lipinski definition) is 0. The van der Waals surface area contributed by atoms with Crippen LogP contribution < -0.4 is 0 Å². The van der Waals surface area contributed by atoms with Crippen LogP contribution in [0, 0.1) is 0 Å². The lowest BCUT2D eigenvalue weighted by atomic mass is 10.0. The quantitative estimate of drug-likeness (QED) is 0.473. The van der Waals surface area contributed by atoms with E-state index in [1.165, 1.54) is 0 Å². The summed E-state index contributed by atoms with van der Waals surface area (Å²) in [5.41, 5.74) is 0.675. The summed E-state index contributed by atoms with van der Waals surface area (Å²) >= 11 is 0. The van der Waals surface area contributed by atoms with Crippen LogP contribution in [0.5, 0.6) is 0 Å². The summed E-state index contributed by atoms with van der Waals surface area (Å²) in [5.74, 6) is -9.95. The lowest BCUT2D eigenvalue weighted by Gasteiger charge is -2.06. The molecule has 1 atom stereocenters. The van der Waals surface area contributed by atoms with Gasteiger partial charge >= 0.3 is 0 Å². The van der Waals surface area contributed by atoms with E-state index in [2.05, 4.69) is 0 Å². The minimum Gasteiger partial charge on any atom is -0.209 e. The van der Waals surface area contributed by atoms with Gasteiger partial charge in [0.1, 0.15) is 5.83 Å². The topological polar surface area (TPSA) is 0 Å². The predicted octanol–water partition coefficient (Wildman–Crippen LogP) is 5.96. The van der Waals surface area contributed by atoms with Crippen LogP contribution in [0.15, 0.2) is 65.5 Å². The molecule has 1 aromatic carbocycles. The molecule has 0 saturated carbocycles. The molecule has 0 nitrogen and oxygen atoms in total. The zero-order chi connectivity index (χ0) is 15.3. The third kappa shape index (κ3) is 4.05. The maximum atomic E-state index is 13.5. The number of rotatable bonds is 4. The Morgan fingerprint density at radius 2 is 1.45 bits per heavy atom. The summed E-state index contributed by atoms with van der Waals surface area (Å²) in [4.78, 5) is 0. The van der Waals surface area contributed by atoms with E-state index in [1.54, 1.807) is 37.3 Å². The highest BCUT2D eigenvalue weighted by atomic mass is 19.2. The van der Waals surface area contributed by atoms with Crippen molar-refractivity contribution in [1.29, 1.82) is 0 Å². The summed E-state index contributed by atoms with van der Waals surface area (Å²) in [7, 11) is 0. The Balaban J connectivity index is 3.05. The van der Waals surface area contributed by atoms with Crippen LogP contribution in [0.4, 0.5) is 22.0 Å². The van der Waals surface area contributed by atoms with Crippen molar-refractivity contribution in [3.8, 4) is 0 Å². The molecule has 0 saturated heterocycles. The minimum atomic E-state index is -2.18. The van der Waals surface area contributed by atoms with Crippen molar-refractivity contribution in [3.63, 3.8) is 0 Å². The van der Waals surface area contributed by atoms with Crippen LogP contribution in [-0.4, -0.2) is 0 Å². The zero-order valence-electron chi connectivity index (χ0n) is 10.9. The van der Waals surface area contributed by atoms with Crippen molar-refractivity contribution in [2.24, 2.45) is 0 Å². The number of benzene rings is 1. The zero-order valence-corrected chi connectivity index (χ0v) is 10.9. The van der Waals surface area contributed by atoms with Crippen LogP contribution in [0.1, 0.15) is 25.3 Å². The molecule has 1 aromatic rings. The van der Waals surface area contributed by atoms with E-state index in [4.69, 9.17) is 0 Å². The molecule has 1 unspecified atom stereocenters. The molecular formula is C15H13F5. The van der Waals surface area contributed by atoms with Gasteiger partial charge in [-0.15, -0.1) is 0 Å². The molecule has 0 aliphatic carbocycles. The fraction of sp³-hybridized carbons (Fsp3) is 0.200. The third-order valence-corrected chi connectivity index (χ3v) is 2.62. The van der Waals surface area contributed by atoms with Crippen LogP contribution >= 0.6 is 0 Å². The summed E-state index contributed by atoms with van der Waals surface area (Å²) in [5, 5.41) is 0. The molecule has 0 radical (unpaired) electrons. The average Bonchev–Trinajstić information content (AvgIpc) is 2.45. The Morgan fingerprint density at radius 1 is 0.900 bits per heavy atom. The molecule has 0 aromatic heterocycles. The van der Waals surface area contributed by atoms with E-state index in [0.717, 1.165) is 6.08 Å². The third-order valence-electron chi connectivity index (χ3n) is 2.62. The van der Waals surface area contributed by atoms with E-state index < -0.39 is 35.1 Å². The minimum absolute atomic E-state index is 0.548. The molecule has 20 heavy (non-hydrogen) atoms. The summed E-state index contributed by atoms with van der Waals surface area (Å²) in [6, 6.07) is 8.52. The molecular weight excluding hydrogens is 275 g/mol. The lowest BCUT2D eigenvalue weighted by molar-refractivity contribution is 0.448. The number of hydrogen-bond donors (Lipinski definition) is 0. The maximum Gasteiger partial charge on any atom is 0.200 e. The first-order chi connectivity index (χ1) is 9.34. The standard InChI is InChI=1S/C15H13F5/c1-9(11-6-4-3-5-7-11)8-12(17)14(19)15(20)13(18)10(2)16/h3-9H,1-2H3/b12-8-,13-10-,15-14-. The smallest absolute Gasteiger partial charge is 0.200 e. The Morgan fingerprint density at radius 3 is 1.95 bits per heavy atom. The fourth-order valence-corrected chi connectivity index (χ4v) is 1.50. The van der Waals surface area contributed by atoms with E-state index in [9.17, 15) is 22.0 Å². The molecule has 5 heteroatoms. The molecule has 0 bridgehead atoms. The molecule has 0 aliphatic rings. The van der Waals surface area contributed by atoms with Crippen molar-refractivity contribution in [1.82, 2.24) is 0 Å². The molecule has 0 heterocycles. The van der Waals surface area contributed by atoms with Gasteiger partial charge < -0.3 is 0 Å². The molecule has 0 spiro atoms. The van der Waals surface area contributed by atoms with Crippen LogP contribution in [-0.2, 0) is 0 Å². The molecule has 108 valence electrons. The van der Waals surface area contributed by atoms with Crippen LogP contribution in [0.3, 0.4) is 0 Å². The molecule has 0 aliphatic heterocycles. The predicted molar refractivity (Wildman–Crippen MR) is 68.2 cm³/mol. The molecule has 0 fully saturated rings. The van der Waals surface area contributed by atoms with Gasteiger partial charge in [-0.05, 0) is 18.6 Å². The Kier molecular flexibility index (Phi) is 5.67. The molecule has 1 rings (SSSR count). The Hall–Kier alpha value is -1.91. The van der Waals surface area contributed by atoms with Crippen LogP contribution in [0.25, 0.3) is 0 Å². The fourth-order valence-electron chi connectivity index (χ4n) is 1.50. The molecule has 0 N–H and O–H groups in total. The summed E-state index contributed by atoms with van der Waals surface area (Å²) in [6.07, 6.45) is 0.797. The van der Waals surface area contributed by atoms with E-state index in [0.29, 0.717) is 12.5 Å². The molecule has 0 amide bonds. The average molecular weight is 288 g/mol. The highest BCUT2D eigenvalue weighted by molar-refractivity contribution is 5.34. The van der Waals surface area contributed by atoms with Gasteiger partial charge in [0.25, 0.3) is 0 Å². The van der Waals surface area contributed by atoms with Crippen molar-refractivity contribution in [3.05, 3.63) is 71.1 Å². The summed E-state index contributed by atoms with van der Waals surface area (Å²) in [6.45, 7) is 2.17. The SMILES string of the molecule is C\C(F)=C(F)/C(F)=C(F)\C(F)=C\C(C)c1ccccc1. The highest BCUT2D eigenvalue weighted by Gasteiger charge is 2.19. The van der Waals surface area contributed by atoms with Crippen molar-refractivity contribution >= 4 is 0 Å². The van der Waals surface area contributed by atoms with E-state index in [-0.39, 0.29) is 0 Å². The maximum absolute atomic E-state index is 13.5. The van der Waals surface area contributed by atoms with Gasteiger partial charge in [0.05, 0.1) is 0 Å². The monoisotopic (exact) mass is 288 g/mol. The summed E-state index contributed by atoms with van der Waals surface area (Å²) < 4.78 is 65.1. The normalized spacial score (nSPS) is 16.4. The van der Waals surface area contributed by atoms with Crippen molar-refractivity contribution in [2.75, 3.05) is 0 Å². The lowest BCUT2D eigenvalue weighted by Crippen LogP contribution is -1.92. The Labute approximate surface area is 113 Å². The second kappa shape index (κ2) is 7.03. The Bertz CT molecular complexity index is 551. The van der Waals surface area contributed by atoms with Gasteiger partial charge in [0.2, 0.25) is 0 Å². The van der Waals surface area contributed by atoms with Crippen molar-refractivity contribution in [2.45, 2.75) is 19.8 Å². The van der Waals surface area contributed by atoms with Crippen molar-refractivity contribution < 1.29 is 22.0 Å². The van der Waals surface area contributed by atoms with Gasteiger partial charge in [-0.1, -0.05) is 37.3 Å². The van der Waals surface area contributed by atoms with Gasteiger partial charge in [-0.3, -0.25) is 0 Å². The first-order valence-corrected chi connectivity index (χ1v) is 5.84. The van der Waals surface area contributed by atoms with E-state index >= 15 is 0 Å². The largest absolute Gasteiger partial charge is 0.209 e. The second-order valence-electron chi connectivity index (χ2n) is 4.19. The highest BCUT2D eigenvalue weighted by Crippen LogP contribution is 2.29. The van der Waals surface area contributed by atoms with Gasteiger partial charge in [-0.25, -0.2) is 22.0 Å². The first kappa shape index (κ1) is 16.1. The first-order valence-electron chi connectivity index (χ1n) is 5.84. The van der Waals surface area contributed by atoms with Crippen LogP contribution in [0.2, 0.25) is 0 Å². The number of halogens is 5. The van der Waals surface area contributed by atoms with Gasteiger partial charge in [0, 0.05) is 5.92 Å². The number of allylic oxidation sites excluding steroid dienone is 6. The van der Waals surface area contributed by atoms with Gasteiger partial charge in [-0.2, -0.15) is 0 Å².